The Morgan fingerprint density at radius 1 is 1.09 bits per heavy atom. The van der Waals surface area contributed by atoms with Gasteiger partial charge in [0.2, 0.25) is 11.8 Å². The normalized spacial score (nSPS) is 16.8. The summed E-state index contributed by atoms with van der Waals surface area (Å²) in [6.07, 6.45) is 0.792. The average molecular weight is 449 g/mol. The van der Waals surface area contributed by atoms with Crippen LogP contribution in [0, 0.1) is 18.3 Å². The number of ketones is 1. The topological polar surface area (TPSA) is 66.5 Å². The average Bonchev–Trinajstić information content (AvgIpc) is 2.75. The first-order valence-electron chi connectivity index (χ1n) is 11.8. The molecule has 0 aromatic heterocycles. The van der Waals surface area contributed by atoms with Gasteiger partial charge < -0.3 is 10.2 Å². The van der Waals surface area contributed by atoms with Gasteiger partial charge >= 0.3 is 0 Å². The minimum Gasteiger partial charge on any atom is -0.347 e. The summed E-state index contributed by atoms with van der Waals surface area (Å²) in [5, 5.41) is 3.11. The number of likely N-dealkylation sites (tertiary alicyclic amines) is 1. The number of rotatable bonds is 9. The number of carbonyl (C=O) groups is 3. The molecule has 0 spiro atoms. The van der Waals surface area contributed by atoms with E-state index in [4.69, 9.17) is 0 Å². The highest BCUT2D eigenvalue weighted by Gasteiger charge is 2.49. The summed E-state index contributed by atoms with van der Waals surface area (Å²) in [6, 6.07) is 15.2. The zero-order valence-electron chi connectivity index (χ0n) is 20.6. The molecule has 0 saturated carbocycles. The van der Waals surface area contributed by atoms with E-state index in [0.29, 0.717) is 13.0 Å². The lowest BCUT2D eigenvalue weighted by molar-refractivity contribution is -0.165. The van der Waals surface area contributed by atoms with Crippen LogP contribution in [0.5, 0.6) is 0 Å². The van der Waals surface area contributed by atoms with Crippen molar-refractivity contribution in [3.05, 3.63) is 59.7 Å². The number of β-lactam (4-membered cyclic amide) rings is 1. The fourth-order valence-electron chi connectivity index (χ4n) is 4.56. The van der Waals surface area contributed by atoms with Crippen LogP contribution in [-0.2, 0) is 14.4 Å². The first-order valence-corrected chi connectivity index (χ1v) is 11.8. The van der Waals surface area contributed by atoms with Crippen molar-refractivity contribution in [2.24, 2.45) is 11.3 Å². The molecule has 1 fully saturated rings. The van der Waals surface area contributed by atoms with Crippen LogP contribution >= 0.6 is 0 Å². The van der Waals surface area contributed by atoms with Gasteiger partial charge in [-0.25, -0.2) is 0 Å². The number of amides is 2. The predicted molar refractivity (Wildman–Crippen MR) is 132 cm³/mol. The van der Waals surface area contributed by atoms with Crippen molar-refractivity contribution >= 4 is 17.6 Å². The molecule has 33 heavy (non-hydrogen) atoms. The Labute approximate surface area is 197 Å². The highest BCUT2D eigenvalue weighted by molar-refractivity contribution is 5.94. The SMILES string of the molecule is CC(=O)C[C@H](NC(=O)C(CC(C)C)N1CC(C)(C)C1=O)c1cccc(-c2ccccc2C)c1. The number of nitrogens with one attached hydrogen (secondary N) is 1. The van der Waals surface area contributed by atoms with Crippen LogP contribution < -0.4 is 5.32 Å². The Morgan fingerprint density at radius 3 is 2.36 bits per heavy atom. The molecule has 2 amide bonds. The molecule has 0 radical (unpaired) electrons. The van der Waals surface area contributed by atoms with Gasteiger partial charge in [-0.15, -0.1) is 0 Å². The molecule has 1 unspecified atom stereocenters. The third-order valence-electron chi connectivity index (χ3n) is 6.33. The van der Waals surface area contributed by atoms with Crippen molar-refractivity contribution in [3.63, 3.8) is 0 Å². The maximum atomic E-state index is 13.4. The lowest BCUT2D eigenvalue weighted by atomic mass is 9.80. The molecule has 1 heterocycles. The second-order valence-electron chi connectivity index (χ2n) is 10.4. The standard InChI is InChI=1S/C28H36N2O3/c1-18(2)14-25(30-17-28(5,6)27(30)33)26(32)29-24(15-20(4)31)22-12-9-11-21(16-22)23-13-8-7-10-19(23)3/h7-13,16,18,24-25H,14-15,17H2,1-6H3,(H,29,32)/t24-,25?/m0/s1. The van der Waals surface area contributed by atoms with Crippen LogP contribution in [0.15, 0.2) is 48.5 Å². The number of nitrogens with zero attached hydrogens (tertiary/aromatic N) is 1. The summed E-state index contributed by atoms with van der Waals surface area (Å²) < 4.78 is 0. The largest absolute Gasteiger partial charge is 0.347 e. The smallest absolute Gasteiger partial charge is 0.243 e. The zero-order chi connectivity index (χ0) is 24.3. The monoisotopic (exact) mass is 448 g/mol. The van der Waals surface area contributed by atoms with E-state index in [1.54, 1.807) is 4.90 Å². The van der Waals surface area contributed by atoms with Crippen molar-refractivity contribution in [2.75, 3.05) is 6.54 Å². The number of benzene rings is 2. The van der Waals surface area contributed by atoms with Gasteiger partial charge in [-0.3, -0.25) is 14.4 Å². The van der Waals surface area contributed by atoms with Crippen molar-refractivity contribution in [2.45, 2.75) is 66.5 Å². The molecule has 1 saturated heterocycles. The van der Waals surface area contributed by atoms with Gasteiger partial charge in [0.05, 0.1) is 11.5 Å². The summed E-state index contributed by atoms with van der Waals surface area (Å²) in [7, 11) is 0. The lowest BCUT2D eigenvalue weighted by Crippen LogP contribution is -2.65. The summed E-state index contributed by atoms with van der Waals surface area (Å²) in [5.74, 6) is 0.0733. The third-order valence-corrected chi connectivity index (χ3v) is 6.33. The summed E-state index contributed by atoms with van der Waals surface area (Å²) in [5.41, 5.74) is 3.80. The molecule has 1 N–H and O–H groups in total. The highest BCUT2D eigenvalue weighted by Crippen LogP contribution is 2.34. The number of Topliss-reactive ketones (excluding diaryl/α,β-unsaturated/α-hetero) is 1. The van der Waals surface area contributed by atoms with Crippen LogP contribution in [0.25, 0.3) is 11.1 Å². The number of aryl methyl sites for hydroxylation is 1. The molecular formula is C28H36N2O3. The summed E-state index contributed by atoms with van der Waals surface area (Å²) in [6.45, 7) is 12.1. The Balaban J connectivity index is 1.88. The molecular weight excluding hydrogens is 412 g/mol. The van der Waals surface area contributed by atoms with Gasteiger partial charge in [-0.2, -0.15) is 0 Å². The molecule has 2 aromatic rings. The summed E-state index contributed by atoms with van der Waals surface area (Å²) in [4.78, 5) is 39.9. The van der Waals surface area contributed by atoms with Crippen molar-refractivity contribution in [1.82, 2.24) is 10.2 Å². The van der Waals surface area contributed by atoms with Gasteiger partial charge in [0, 0.05) is 13.0 Å². The zero-order valence-corrected chi connectivity index (χ0v) is 20.6. The maximum Gasteiger partial charge on any atom is 0.243 e. The summed E-state index contributed by atoms with van der Waals surface area (Å²) >= 11 is 0. The number of hydrogen-bond acceptors (Lipinski definition) is 3. The van der Waals surface area contributed by atoms with Crippen LogP contribution in [0.4, 0.5) is 0 Å². The molecule has 1 aliphatic heterocycles. The van der Waals surface area contributed by atoms with E-state index >= 15 is 0 Å². The lowest BCUT2D eigenvalue weighted by Gasteiger charge is -2.48. The van der Waals surface area contributed by atoms with Crippen LogP contribution in [0.2, 0.25) is 0 Å². The Hall–Kier alpha value is -2.95. The first-order chi connectivity index (χ1) is 15.5. The van der Waals surface area contributed by atoms with Crippen molar-refractivity contribution in [1.29, 1.82) is 0 Å². The highest BCUT2D eigenvalue weighted by atomic mass is 16.2. The molecule has 1 aliphatic rings. The van der Waals surface area contributed by atoms with Crippen LogP contribution in [0.1, 0.15) is 64.6 Å². The van der Waals surface area contributed by atoms with Gasteiger partial charge in [0.25, 0.3) is 0 Å². The van der Waals surface area contributed by atoms with Gasteiger partial charge in [-0.05, 0) is 68.4 Å². The molecule has 5 nitrogen and oxygen atoms in total. The fraction of sp³-hybridized carbons (Fsp3) is 0.464. The number of hydrogen-bond donors (Lipinski definition) is 1. The molecule has 2 atom stereocenters. The maximum absolute atomic E-state index is 13.4. The Bertz CT molecular complexity index is 1040. The molecule has 5 heteroatoms. The second kappa shape index (κ2) is 9.90. The number of carbonyl (C=O) groups excluding carboxylic acids is 3. The third kappa shape index (κ3) is 5.70. The molecule has 176 valence electrons. The predicted octanol–water partition coefficient (Wildman–Crippen LogP) is 5.08. The van der Waals surface area contributed by atoms with Gasteiger partial charge in [-0.1, -0.05) is 56.3 Å². The minimum atomic E-state index is -0.528. The van der Waals surface area contributed by atoms with E-state index in [9.17, 15) is 14.4 Å². The Kier molecular flexibility index (Phi) is 7.41. The van der Waals surface area contributed by atoms with E-state index in [-0.39, 0.29) is 29.9 Å². The van der Waals surface area contributed by atoms with Gasteiger partial charge in [0.1, 0.15) is 11.8 Å². The first kappa shape index (κ1) is 24.7. The molecule has 0 aliphatic carbocycles. The van der Waals surface area contributed by atoms with Crippen LogP contribution in [-0.4, -0.2) is 35.1 Å². The molecule has 0 bridgehead atoms. The van der Waals surface area contributed by atoms with E-state index in [2.05, 4.69) is 38.2 Å². The van der Waals surface area contributed by atoms with E-state index in [1.165, 1.54) is 6.92 Å². The van der Waals surface area contributed by atoms with Crippen LogP contribution in [0.3, 0.4) is 0 Å². The van der Waals surface area contributed by atoms with E-state index in [1.807, 2.05) is 50.2 Å². The van der Waals surface area contributed by atoms with Gasteiger partial charge in [0.15, 0.2) is 0 Å². The van der Waals surface area contributed by atoms with Crippen molar-refractivity contribution in [3.8, 4) is 11.1 Å². The van der Waals surface area contributed by atoms with E-state index < -0.39 is 17.5 Å². The molecule has 2 aromatic carbocycles. The minimum absolute atomic E-state index is 0.00293. The van der Waals surface area contributed by atoms with Crippen molar-refractivity contribution < 1.29 is 14.4 Å². The van der Waals surface area contributed by atoms with E-state index in [0.717, 1.165) is 22.3 Å². The Morgan fingerprint density at radius 2 is 1.79 bits per heavy atom. The second-order valence-corrected chi connectivity index (χ2v) is 10.4. The quantitative estimate of drug-likeness (QED) is 0.544. The fourth-order valence-corrected chi connectivity index (χ4v) is 4.56. The molecule has 3 rings (SSSR count).